The number of amides is 2. The lowest BCUT2D eigenvalue weighted by Gasteiger charge is -2.26. The SMILES string of the molecule is COc1ncccc1CNC(=O)Nc1ccc2c(ccn2CCN2CCOCC2)c1. The lowest BCUT2D eigenvalue weighted by Crippen LogP contribution is -2.38. The maximum absolute atomic E-state index is 12.3. The number of hydrogen-bond acceptors (Lipinski definition) is 5. The van der Waals surface area contributed by atoms with Gasteiger partial charge in [-0.1, -0.05) is 6.07 Å². The highest BCUT2D eigenvalue weighted by Gasteiger charge is 2.11. The Kier molecular flexibility index (Phi) is 6.46. The largest absolute Gasteiger partial charge is 0.481 e. The van der Waals surface area contributed by atoms with E-state index in [0.717, 1.165) is 61.5 Å². The van der Waals surface area contributed by atoms with Crippen LogP contribution in [0.2, 0.25) is 0 Å². The van der Waals surface area contributed by atoms with Crippen molar-refractivity contribution in [2.75, 3.05) is 45.3 Å². The van der Waals surface area contributed by atoms with Crippen molar-refractivity contribution in [2.24, 2.45) is 0 Å². The van der Waals surface area contributed by atoms with Crippen molar-refractivity contribution in [3.8, 4) is 5.88 Å². The minimum absolute atomic E-state index is 0.271. The number of aromatic nitrogens is 2. The monoisotopic (exact) mass is 409 g/mol. The molecule has 0 bridgehead atoms. The fourth-order valence-electron chi connectivity index (χ4n) is 3.64. The standard InChI is InChI=1S/C22H27N5O3/c1-29-21-18(3-2-7-23-21)16-24-22(28)25-19-4-5-20-17(15-19)6-8-27(20)10-9-26-11-13-30-14-12-26/h2-8,15H,9-14,16H2,1H3,(H2,24,25,28). The Hall–Kier alpha value is -3.10. The molecule has 0 atom stereocenters. The van der Waals surface area contributed by atoms with E-state index in [2.05, 4.69) is 43.4 Å². The van der Waals surface area contributed by atoms with Crippen molar-refractivity contribution in [1.82, 2.24) is 19.8 Å². The molecule has 2 aromatic heterocycles. The first-order chi connectivity index (χ1) is 14.7. The summed E-state index contributed by atoms with van der Waals surface area (Å²) in [6, 6.07) is 11.5. The summed E-state index contributed by atoms with van der Waals surface area (Å²) in [7, 11) is 1.56. The van der Waals surface area contributed by atoms with Gasteiger partial charge in [0.05, 0.1) is 20.3 Å². The Balaban J connectivity index is 1.33. The zero-order valence-electron chi connectivity index (χ0n) is 17.1. The molecule has 0 aliphatic carbocycles. The van der Waals surface area contributed by atoms with Crippen molar-refractivity contribution in [3.05, 3.63) is 54.4 Å². The number of carbonyl (C=O) groups is 1. The Bertz CT molecular complexity index is 997. The molecular weight excluding hydrogens is 382 g/mol. The van der Waals surface area contributed by atoms with E-state index < -0.39 is 0 Å². The van der Waals surface area contributed by atoms with Crippen LogP contribution >= 0.6 is 0 Å². The quantitative estimate of drug-likeness (QED) is 0.627. The molecule has 8 nitrogen and oxygen atoms in total. The van der Waals surface area contributed by atoms with Crippen molar-refractivity contribution >= 4 is 22.6 Å². The van der Waals surface area contributed by atoms with Crippen LogP contribution in [0, 0.1) is 0 Å². The predicted octanol–water partition coefficient (Wildman–Crippen LogP) is 2.70. The highest BCUT2D eigenvalue weighted by molar-refractivity contribution is 5.92. The van der Waals surface area contributed by atoms with Gasteiger partial charge in [0.15, 0.2) is 0 Å². The second-order valence-electron chi connectivity index (χ2n) is 7.22. The number of morpholine rings is 1. The minimum Gasteiger partial charge on any atom is -0.481 e. The van der Waals surface area contributed by atoms with Crippen LogP contribution in [0.3, 0.4) is 0 Å². The topological polar surface area (TPSA) is 80.7 Å². The first-order valence-electron chi connectivity index (χ1n) is 10.1. The fourth-order valence-corrected chi connectivity index (χ4v) is 3.64. The Morgan fingerprint density at radius 2 is 2.07 bits per heavy atom. The smallest absolute Gasteiger partial charge is 0.319 e. The molecule has 1 aromatic carbocycles. The number of nitrogens with zero attached hydrogens (tertiary/aromatic N) is 3. The van der Waals surface area contributed by atoms with Gasteiger partial charge >= 0.3 is 6.03 Å². The lowest BCUT2D eigenvalue weighted by atomic mass is 10.2. The van der Waals surface area contributed by atoms with Crippen LogP contribution in [-0.4, -0.2) is 60.4 Å². The number of urea groups is 1. The summed E-state index contributed by atoms with van der Waals surface area (Å²) in [6.07, 6.45) is 3.76. The van der Waals surface area contributed by atoms with Gasteiger partial charge in [0.25, 0.3) is 0 Å². The number of hydrogen-bond donors (Lipinski definition) is 2. The van der Waals surface area contributed by atoms with Gasteiger partial charge in [-0.2, -0.15) is 0 Å². The molecule has 0 unspecified atom stereocenters. The van der Waals surface area contributed by atoms with Gasteiger partial charge in [0.1, 0.15) is 0 Å². The Morgan fingerprint density at radius 3 is 2.90 bits per heavy atom. The molecule has 30 heavy (non-hydrogen) atoms. The average molecular weight is 409 g/mol. The molecule has 2 amide bonds. The van der Waals surface area contributed by atoms with Crippen LogP contribution in [0.25, 0.3) is 10.9 Å². The van der Waals surface area contributed by atoms with E-state index in [1.807, 2.05) is 24.3 Å². The van der Waals surface area contributed by atoms with Gasteiger partial charge in [-0.05, 0) is 30.3 Å². The molecule has 1 saturated heterocycles. The summed E-state index contributed by atoms with van der Waals surface area (Å²) in [5.41, 5.74) is 2.74. The molecule has 3 aromatic rings. The van der Waals surface area contributed by atoms with Gasteiger partial charge in [-0.15, -0.1) is 0 Å². The summed E-state index contributed by atoms with van der Waals surface area (Å²) in [6.45, 7) is 5.90. The molecule has 8 heteroatoms. The normalized spacial score (nSPS) is 14.6. The second kappa shape index (κ2) is 9.60. The molecule has 3 heterocycles. The zero-order valence-corrected chi connectivity index (χ0v) is 17.1. The number of fused-ring (bicyclic) bond motifs is 1. The van der Waals surface area contributed by atoms with Crippen LogP contribution < -0.4 is 15.4 Å². The highest BCUT2D eigenvalue weighted by atomic mass is 16.5. The number of pyridine rings is 1. The van der Waals surface area contributed by atoms with Crippen LogP contribution in [0.4, 0.5) is 10.5 Å². The Labute approximate surface area is 175 Å². The number of ether oxygens (including phenoxy) is 2. The highest BCUT2D eigenvalue weighted by Crippen LogP contribution is 2.21. The number of benzene rings is 1. The number of methoxy groups -OCH3 is 1. The third-order valence-corrected chi connectivity index (χ3v) is 5.27. The van der Waals surface area contributed by atoms with Gasteiger partial charge in [0, 0.05) is 67.3 Å². The number of rotatable bonds is 7. The maximum atomic E-state index is 12.3. The number of carbonyl (C=O) groups excluding carboxylic acids is 1. The Morgan fingerprint density at radius 1 is 1.20 bits per heavy atom. The van der Waals surface area contributed by atoms with E-state index in [4.69, 9.17) is 9.47 Å². The molecule has 0 spiro atoms. The summed E-state index contributed by atoms with van der Waals surface area (Å²) < 4.78 is 12.9. The summed E-state index contributed by atoms with van der Waals surface area (Å²) in [5, 5.41) is 6.83. The van der Waals surface area contributed by atoms with Gasteiger partial charge in [-0.25, -0.2) is 9.78 Å². The zero-order chi connectivity index (χ0) is 20.8. The van der Waals surface area contributed by atoms with Crippen LogP contribution in [-0.2, 0) is 17.8 Å². The maximum Gasteiger partial charge on any atom is 0.319 e. The molecular formula is C22H27N5O3. The van der Waals surface area contributed by atoms with E-state index in [-0.39, 0.29) is 6.03 Å². The average Bonchev–Trinajstić information content (AvgIpc) is 3.19. The first-order valence-corrected chi connectivity index (χ1v) is 10.1. The molecule has 1 fully saturated rings. The van der Waals surface area contributed by atoms with Crippen LogP contribution in [0.5, 0.6) is 5.88 Å². The van der Waals surface area contributed by atoms with E-state index in [1.54, 1.807) is 13.3 Å². The van der Waals surface area contributed by atoms with Gasteiger partial charge in [0.2, 0.25) is 5.88 Å². The fraction of sp³-hybridized carbons (Fsp3) is 0.364. The van der Waals surface area contributed by atoms with E-state index in [1.165, 1.54) is 0 Å². The summed E-state index contributed by atoms with van der Waals surface area (Å²) in [4.78, 5) is 18.9. The lowest BCUT2D eigenvalue weighted by molar-refractivity contribution is 0.0365. The predicted molar refractivity (Wildman–Crippen MR) is 116 cm³/mol. The summed E-state index contributed by atoms with van der Waals surface area (Å²) in [5.74, 6) is 0.512. The van der Waals surface area contributed by atoms with Gasteiger partial charge < -0.3 is 24.7 Å². The van der Waals surface area contributed by atoms with Crippen molar-refractivity contribution < 1.29 is 14.3 Å². The molecule has 0 saturated carbocycles. The number of anilines is 1. The molecule has 1 aliphatic heterocycles. The third-order valence-electron chi connectivity index (χ3n) is 5.27. The second-order valence-corrected chi connectivity index (χ2v) is 7.22. The van der Waals surface area contributed by atoms with E-state index in [0.29, 0.717) is 12.4 Å². The number of nitrogens with one attached hydrogen (secondary N) is 2. The van der Waals surface area contributed by atoms with Crippen molar-refractivity contribution in [2.45, 2.75) is 13.1 Å². The van der Waals surface area contributed by atoms with Crippen molar-refractivity contribution in [1.29, 1.82) is 0 Å². The van der Waals surface area contributed by atoms with Crippen molar-refractivity contribution in [3.63, 3.8) is 0 Å². The molecule has 2 N–H and O–H groups in total. The molecule has 4 rings (SSSR count). The van der Waals surface area contributed by atoms with Crippen LogP contribution in [0.15, 0.2) is 48.8 Å². The first kappa shape index (κ1) is 20.2. The molecule has 1 aliphatic rings. The molecule has 0 radical (unpaired) electrons. The van der Waals surface area contributed by atoms with Gasteiger partial charge in [-0.3, -0.25) is 4.90 Å². The van der Waals surface area contributed by atoms with Crippen LogP contribution in [0.1, 0.15) is 5.56 Å². The molecule has 158 valence electrons. The summed E-state index contributed by atoms with van der Waals surface area (Å²) >= 11 is 0. The minimum atomic E-state index is -0.271. The van der Waals surface area contributed by atoms with E-state index in [9.17, 15) is 4.79 Å². The third kappa shape index (κ3) is 4.90. The van der Waals surface area contributed by atoms with E-state index >= 15 is 0 Å².